The Hall–Kier alpha value is -3.43. The highest BCUT2D eigenvalue weighted by Gasteiger charge is 2.32. The maximum Gasteiger partial charge on any atom is 0.416 e. The van der Waals surface area contributed by atoms with E-state index >= 15 is 0 Å². The number of anilines is 1. The first-order valence-electron chi connectivity index (χ1n) is 12.4. The molecule has 38 heavy (non-hydrogen) atoms. The second kappa shape index (κ2) is 11.1. The van der Waals surface area contributed by atoms with Crippen molar-refractivity contribution in [1.82, 2.24) is 9.80 Å². The molecule has 0 spiro atoms. The molecule has 198 valence electrons. The molecule has 1 aromatic heterocycles. The summed E-state index contributed by atoms with van der Waals surface area (Å²) in [4.78, 5) is 17.4. The van der Waals surface area contributed by atoms with E-state index in [2.05, 4.69) is 27.7 Å². The Morgan fingerprint density at radius 2 is 1.71 bits per heavy atom. The van der Waals surface area contributed by atoms with E-state index in [-0.39, 0.29) is 11.7 Å². The Kier molecular flexibility index (Phi) is 7.67. The van der Waals surface area contributed by atoms with E-state index < -0.39 is 23.6 Å². The highest BCUT2D eigenvalue weighted by molar-refractivity contribution is 7.17. The Bertz CT molecular complexity index is 1400. The fraction of sp³-hybridized carbons (Fsp3) is 0.276. The van der Waals surface area contributed by atoms with Crippen molar-refractivity contribution in [2.75, 3.05) is 18.4 Å². The molecule has 4 nitrogen and oxygen atoms in total. The lowest BCUT2D eigenvalue weighted by atomic mass is 10.0. The molecule has 1 saturated heterocycles. The first-order valence-corrected chi connectivity index (χ1v) is 13.3. The number of rotatable bonds is 6. The van der Waals surface area contributed by atoms with E-state index in [1.165, 1.54) is 15.6 Å². The third kappa shape index (κ3) is 6.16. The van der Waals surface area contributed by atoms with Crippen molar-refractivity contribution in [2.45, 2.75) is 38.1 Å². The molecule has 1 fully saturated rings. The molecule has 0 bridgehead atoms. The Balaban J connectivity index is 1.30. The molecule has 1 aliphatic rings. The van der Waals surface area contributed by atoms with Crippen LogP contribution in [-0.4, -0.2) is 35.0 Å². The summed E-state index contributed by atoms with van der Waals surface area (Å²) in [5.41, 5.74) is 0.832. The lowest BCUT2D eigenvalue weighted by Gasteiger charge is -2.38. The monoisotopic (exact) mass is 541 g/mol. The smallest absolute Gasteiger partial charge is 0.317 e. The number of nitrogens with zero attached hydrogens (tertiary/aromatic N) is 2. The van der Waals surface area contributed by atoms with Gasteiger partial charge in [0.15, 0.2) is 0 Å². The molecule has 3 aromatic carbocycles. The van der Waals surface area contributed by atoms with Crippen LogP contribution in [0.3, 0.4) is 0 Å². The number of alkyl halides is 3. The molecule has 0 radical (unpaired) electrons. The van der Waals surface area contributed by atoms with Gasteiger partial charge in [-0.2, -0.15) is 13.2 Å². The van der Waals surface area contributed by atoms with Gasteiger partial charge in [0.05, 0.1) is 5.56 Å². The van der Waals surface area contributed by atoms with Gasteiger partial charge in [-0.15, -0.1) is 11.3 Å². The fourth-order valence-electron chi connectivity index (χ4n) is 4.95. The van der Waals surface area contributed by atoms with Crippen LogP contribution in [0, 0.1) is 5.82 Å². The summed E-state index contributed by atoms with van der Waals surface area (Å²) in [6.45, 7) is 2.69. The van der Waals surface area contributed by atoms with Crippen molar-refractivity contribution >= 4 is 33.1 Å². The predicted octanol–water partition coefficient (Wildman–Crippen LogP) is 7.76. The maximum absolute atomic E-state index is 13.9. The number of nitrogens with one attached hydrogen (secondary N) is 1. The van der Waals surface area contributed by atoms with E-state index in [1.54, 1.807) is 16.2 Å². The summed E-state index contributed by atoms with van der Waals surface area (Å²) in [5, 5.41) is 5.97. The summed E-state index contributed by atoms with van der Waals surface area (Å²) < 4.78 is 54.8. The molecule has 0 atom stereocenters. The molecule has 4 aromatic rings. The molecule has 2 heterocycles. The lowest BCUT2D eigenvalue weighted by molar-refractivity contribution is -0.137. The molecule has 5 rings (SSSR count). The van der Waals surface area contributed by atoms with Gasteiger partial charge < -0.3 is 10.2 Å². The number of carbonyl (C=O) groups is 1. The number of hydrogen-bond donors (Lipinski definition) is 1. The second-order valence-electron chi connectivity index (χ2n) is 9.53. The van der Waals surface area contributed by atoms with Crippen LogP contribution in [0.25, 0.3) is 10.1 Å². The summed E-state index contributed by atoms with van der Waals surface area (Å²) in [6.07, 6.45) is -3.27. The van der Waals surface area contributed by atoms with Crippen molar-refractivity contribution < 1.29 is 22.4 Å². The van der Waals surface area contributed by atoms with Crippen LogP contribution in [-0.2, 0) is 19.3 Å². The van der Waals surface area contributed by atoms with Gasteiger partial charge in [-0.05, 0) is 59.0 Å². The average Bonchev–Trinajstić information content (AvgIpc) is 3.30. The molecule has 1 aliphatic heterocycles. The minimum atomic E-state index is -4.72. The Morgan fingerprint density at radius 3 is 2.45 bits per heavy atom. The lowest BCUT2D eigenvalue weighted by Crippen LogP contribution is -2.48. The first-order chi connectivity index (χ1) is 18.3. The quantitative estimate of drug-likeness (QED) is 0.253. The van der Waals surface area contributed by atoms with E-state index in [0.29, 0.717) is 12.6 Å². The normalized spacial score (nSPS) is 15.1. The first kappa shape index (κ1) is 26.2. The number of hydrogen-bond acceptors (Lipinski definition) is 3. The van der Waals surface area contributed by atoms with Crippen molar-refractivity contribution in [3.63, 3.8) is 0 Å². The Labute approximate surface area is 222 Å². The van der Waals surface area contributed by atoms with Crippen LogP contribution in [0.5, 0.6) is 0 Å². The summed E-state index contributed by atoms with van der Waals surface area (Å²) in [7, 11) is 0. The van der Waals surface area contributed by atoms with Crippen LogP contribution >= 0.6 is 11.3 Å². The van der Waals surface area contributed by atoms with Gasteiger partial charge in [0.1, 0.15) is 5.82 Å². The summed E-state index contributed by atoms with van der Waals surface area (Å²) in [6, 6.07) is 19.2. The van der Waals surface area contributed by atoms with E-state index in [0.717, 1.165) is 50.2 Å². The largest absolute Gasteiger partial charge is 0.416 e. The van der Waals surface area contributed by atoms with Gasteiger partial charge >= 0.3 is 12.2 Å². The molecule has 2 amide bonds. The number of likely N-dealkylation sites (tertiary alicyclic amines) is 1. The van der Waals surface area contributed by atoms with Gasteiger partial charge in [-0.1, -0.05) is 48.5 Å². The minimum absolute atomic E-state index is 0.110. The number of piperidine rings is 1. The number of amides is 2. The number of thiophene rings is 1. The second-order valence-corrected chi connectivity index (χ2v) is 10.4. The summed E-state index contributed by atoms with van der Waals surface area (Å²) in [5.74, 6) is -1.06. The van der Waals surface area contributed by atoms with Gasteiger partial charge in [-0.3, -0.25) is 4.90 Å². The van der Waals surface area contributed by atoms with E-state index in [1.807, 2.05) is 42.5 Å². The Morgan fingerprint density at radius 1 is 1.00 bits per heavy atom. The molecule has 1 N–H and O–H groups in total. The van der Waals surface area contributed by atoms with Gasteiger partial charge in [0.2, 0.25) is 0 Å². The zero-order valence-electron chi connectivity index (χ0n) is 20.5. The standard InChI is InChI=1S/C29H27F4N3OS/c30-23-14-22(29(31,32)33)15-24(16-23)34-28(37)36(17-20-6-2-1-3-7-20)25-10-12-35(13-11-25)18-21-19-38-27-9-5-4-8-26(21)27/h1-9,14-16,19,25H,10-13,17-18H2,(H,34,37). The number of carbonyl (C=O) groups excluding carboxylic acids is 1. The third-order valence-electron chi connectivity index (χ3n) is 6.89. The maximum atomic E-state index is 13.9. The SMILES string of the molecule is O=C(Nc1cc(F)cc(C(F)(F)F)c1)N(Cc1ccccc1)C1CCN(Cc2csc3ccccc23)CC1. The molecule has 0 unspecified atom stereocenters. The number of urea groups is 1. The predicted molar refractivity (Wildman–Crippen MR) is 143 cm³/mol. The zero-order chi connectivity index (χ0) is 26.7. The van der Waals surface area contributed by atoms with Gasteiger partial charge in [0, 0.05) is 42.6 Å². The molecule has 0 aliphatic carbocycles. The number of fused-ring (bicyclic) bond motifs is 1. The van der Waals surface area contributed by atoms with Crippen molar-refractivity contribution in [1.29, 1.82) is 0 Å². The van der Waals surface area contributed by atoms with Crippen LogP contribution in [0.15, 0.2) is 78.2 Å². The van der Waals surface area contributed by atoms with E-state index in [9.17, 15) is 22.4 Å². The number of benzene rings is 3. The zero-order valence-corrected chi connectivity index (χ0v) is 21.4. The van der Waals surface area contributed by atoms with Crippen LogP contribution in [0.1, 0.15) is 29.5 Å². The molecule has 9 heteroatoms. The molecular formula is C29H27F4N3OS. The third-order valence-corrected chi connectivity index (χ3v) is 7.90. The van der Waals surface area contributed by atoms with Crippen LogP contribution in [0.4, 0.5) is 28.0 Å². The highest BCUT2D eigenvalue weighted by Crippen LogP contribution is 2.32. The molecular weight excluding hydrogens is 514 g/mol. The summed E-state index contributed by atoms with van der Waals surface area (Å²) >= 11 is 1.73. The molecule has 0 saturated carbocycles. The topological polar surface area (TPSA) is 35.6 Å². The highest BCUT2D eigenvalue weighted by atomic mass is 32.1. The average molecular weight is 542 g/mol. The van der Waals surface area contributed by atoms with Crippen LogP contribution < -0.4 is 5.32 Å². The van der Waals surface area contributed by atoms with Gasteiger partial charge in [0.25, 0.3) is 0 Å². The van der Waals surface area contributed by atoms with E-state index in [4.69, 9.17) is 0 Å². The van der Waals surface area contributed by atoms with Gasteiger partial charge in [-0.25, -0.2) is 9.18 Å². The van der Waals surface area contributed by atoms with Crippen LogP contribution in [0.2, 0.25) is 0 Å². The number of halogens is 4. The fourth-order valence-corrected chi connectivity index (χ4v) is 5.91. The van der Waals surface area contributed by atoms with Crippen molar-refractivity contribution in [3.8, 4) is 0 Å². The minimum Gasteiger partial charge on any atom is -0.317 e. The van der Waals surface area contributed by atoms with Crippen molar-refractivity contribution in [3.05, 3.63) is 101 Å². The van der Waals surface area contributed by atoms with Crippen molar-refractivity contribution in [2.24, 2.45) is 0 Å².